The number of carbonyl (C=O) groups excluding carboxylic acids is 1. The number of benzene rings is 1. The summed E-state index contributed by atoms with van der Waals surface area (Å²) in [6, 6.07) is 8.27. The smallest absolute Gasteiger partial charge is 0.287 e. The fourth-order valence-corrected chi connectivity index (χ4v) is 5.68. The first-order valence-electron chi connectivity index (χ1n) is 10.4. The number of carbonyl (C=O) groups is 1. The molecule has 1 saturated carbocycles. The Hall–Kier alpha value is -1.17. The highest BCUT2D eigenvalue weighted by molar-refractivity contribution is 7.99. The molecule has 0 spiro atoms. The van der Waals surface area contributed by atoms with Crippen molar-refractivity contribution >= 4 is 41.0 Å². The monoisotopic (exact) mass is 422 g/mol. The minimum absolute atomic E-state index is 0. The standard InChI is InChI=1S/C22H30N2O2S.ClH/c1-15-13-23-12-11-19(15)24-22(25)21-18(14-27-16-7-3-2-4-8-16)17-9-5-6-10-20(17)26-21;/h5-6,9-10,15-16,19,23H,2-4,7-8,11-14H2,1H3,(H,24,25);1H. The van der Waals surface area contributed by atoms with Crippen molar-refractivity contribution in [3.05, 3.63) is 35.6 Å². The molecule has 1 saturated heterocycles. The fourth-order valence-electron chi connectivity index (χ4n) is 4.32. The fraction of sp³-hybridized carbons (Fsp3) is 0.591. The molecule has 2 aliphatic rings. The van der Waals surface area contributed by atoms with E-state index < -0.39 is 0 Å². The van der Waals surface area contributed by atoms with Crippen LogP contribution in [0.3, 0.4) is 0 Å². The van der Waals surface area contributed by atoms with Gasteiger partial charge in [0.25, 0.3) is 5.91 Å². The Bertz CT molecular complexity index is 788. The van der Waals surface area contributed by atoms with E-state index in [1.165, 1.54) is 32.1 Å². The van der Waals surface area contributed by atoms with Crippen LogP contribution in [0.1, 0.15) is 61.6 Å². The third-order valence-electron chi connectivity index (χ3n) is 6.02. The largest absolute Gasteiger partial charge is 0.451 e. The molecule has 154 valence electrons. The number of amides is 1. The van der Waals surface area contributed by atoms with E-state index in [4.69, 9.17) is 4.42 Å². The van der Waals surface area contributed by atoms with Gasteiger partial charge in [0.2, 0.25) is 0 Å². The number of nitrogens with one attached hydrogen (secondary N) is 2. The summed E-state index contributed by atoms with van der Waals surface area (Å²) < 4.78 is 6.04. The average molecular weight is 423 g/mol. The van der Waals surface area contributed by atoms with Gasteiger partial charge in [0, 0.05) is 28.0 Å². The molecule has 1 aliphatic heterocycles. The first-order valence-corrected chi connectivity index (χ1v) is 11.4. The quantitative estimate of drug-likeness (QED) is 0.699. The van der Waals surface area contributed by atoms with Crippen LogP contribution in [-0.2, 0) is 5.75 Å². The number of furan rings is 1. The van der Waals surface area contributed by atoms with Crippen molar-refractivity contribution in [1.82, 2.24) is 10.6 Å². The summed E-state index contributed by atoms with van der Waals surface area (Å²) in [5, 5.41) is 8.43. The molecule has 4 nitrogen and oxygen atoms in total. The average Bonchev–Trinajstić information content (AvgIpc) is 3.08. The summed E-state index contributed by atoms with van der Waals surface area (Å²) in [6.45, 7) is 4.10. The second-order valence-corrected chi connectivity index (χ2v) is 9.32. The summed E-state index contributed by atoms with van der Waals surface area (Å²) in [6.07, 6.45) is 7.62. The maximum Gasteiger partial charge on any atom is 0.287 e. The molecule has 2 aromatic rings. The molecule has 28 heavy (non-hydrogen) atoms. The van der Waals surface area contributed by atoms with Crippen molar-refractivity contribution in [2.75, 3.05) is 13.1 Å². The molecule has 6 heteroatoms. The van der Waals surface area contributed by atoms with Crippen LogP contribution in [-0.4, -0.2) is 30.3 Å². The number of thioether (sulfide) groups is 1. The number of fused-ring (bicyclic) bond motifs is 1. The van der Waals surface area contributed by atoms with E-state index in [2.05, 4.69) is 23.6 Å². The van der Waals surface area contributed by atoms with E-state index in [0.717, 1.165) is 41.8 Å². The van der Waals surface area contributed by atoms with Crippen molar-refractivity contribution in [3.63, 3.8) is 0 Å². The van der Waals surface area contributed by atoms with Gasteiger partial charge in [-0.1, -0.05) is 44.4 Å². The maximum atomic E-state index is 13.1. The van der Waals surface area contributed by atoms with E-state index in [1.54, 1.807) is 0 Å². The molecule has 2 N–H and O–H groups in total. The first kappa shape index (κ1) is 21.5. The lowest BCUT2D eigenvalue weighted by Crippen LogP contribution is -2.48. The van der Waals surface area contributed by atoms with Crippen molar-refractivity contribution < 1.29 is 9.21 Å². The maximum absolute atomic E-state index is 13.1. The molecule has 1 aliphatic carbocycles. The zero-order valence-corrected chi connectivity index (χ0v) is 18.2. The van der Waals surface area contributed by atoms with Crippen LogP contribution in [0, 0.1) is 5.92 Å². The Labute approximate surface area is 178 Å². The molecule has 2 fully saturated rings. The SMILES string of the molecule is CC1CNCCC1NC(=O)c1oc2ccccc2c1CSC1CCCCC1.Cl. The highest BCUT2D eigenvalue weighted by atomic mass is 35.5. The number of para-hydroxylation sites is 1. The van der Waals surface area contributed by atoms with Gasteiger partial charge in [-0.25, -0.2) is 0 Å². The second-order valence-electron chi connectivity index (χ2n) is 8.03. The van der Waals surface area contributed by atoms with E-state index >= 15 is 0 Å². The minimum atomic E-state index is -0.0517. The third kappa shape index (κ3) is 4.87. The summed E-state index contributed by atoms with van der Waals surface area (Å²) in [7, 11) is 0. The lowest BCUT2D eigenvalue weighted by Gasteiger charge is -2.30. The van der Waals surface area contributed by atoms with Crippen LogP contribution < -0.4 is 10.6 Å². The predicted molar refractivity (Wildman–Crippen MR) is 120 cm³/mol. The molecule has 4 rings (SSSR count). The van der Waals surface area contributed by atoms with E-state index in [1.807, 2.05) is 30.0 Å². The summed E-state index contributed by atoms with van der Waals surface area (Å²) >= 11 is 2.00. The van der Waals surface area contributed by atoms with Crippen molar-refractivity contribution in [1.29, 1.82) is 0 Å². The first-order chi connectivity index (χ1) is 13.2. The highest BCUT2D eigenvalue weighted by Crippen LogP contribution is 2.35. The van der Waals surface area contributed by atoms with Gasteiger partial charge in [0.15, 0.2) is 5.76 Å². The van der Waals surface area contributed by atoms with Crippen LogP contribution >= 0.6 is 24.2 Å². The molecule has 2 atom stereocenters. The zero-order valence-electron chi connectivity index (χ0n) is 16.5. The lowest BCUT2D eigenvalue weighted by atomic mass is 9.95. The van der Waals surface area contributed by atoms with Crippen molar-refractivity contribution in [3.8, 4) is 0 Å². The summed E-state index contributed by atoms with van der Waals surface area (Å²) in [5.41, 5.74) is 1.89. The van der Waals surface area contributed by atoms with Crippen LogP contribution in [0.4, 0.5) is 0 Å². The molecule has 0 radical (unpaired) electrons. The third-order valence-corrected chi connectivity index (χ3v) is 7.42. The Morgan fingerprint density at radius 2 is 2.00 bits per heavy atom. The molecular formula is C22H31ClN2O2S. The Morgan fingerprint density at radius 1 is 1.21 bits per heavy atom. The molecular weight excluding hydrogens is 392 g/mol. The van der Waals surface area contributed by atoms with Gasteiger partial charge in [-0.2, -0.15) is 11.8 Å². The van der Waals surface area contributed by atoms with E-state index in [-0.39, 0.29) is 24.4 Å². The number of halogens is 1. The van der Waals surface area contributed by atoms with Crippen LogP contribution in [0.5, 0.6) is 0 Å². The Morgan fingerprint density at radius 3 is 2.79 bits per heavy atom. The summed E-state index contributed by atoms with van der Waals surface area (Å²) in [5.74, 6) is 1.76. The van der Waals surface area contributed by atoms with Crippen LogP contribution in [0.25, 0.3) is 11.0 Å². The van der Waals surface area contributed by atoms with Gasteiger partial charge in [-0.15, -0.1) is 12.4 Å². The van der Waals surface area contributed by atoms with Crippen LogP contribution in [0.2, 0.25) is 0 Å². The lowest BCUT2D eigenvalue weighted by molar-refractivity contribution is 0.0887. The Kier molecular flexibility index (Phi) is 7.72. The number of hydrogen-bond donors (Lipinski definition) is 2. The van der Waals surface area contributed by atoms with Crippen molar-refractivity contribution in [2.45, 2.75) is 62.5 Å². The zero-order chi connectivity index (χ0) is 18.6. The molecule has 1 aromatic carbocycles. The predicted octanol–water partition coefficient (Wildman–Crippen LogP) is 5.15. The van der Waals surface area contributed by atoms with E-state index in [0.29, 0.717) is 16.9 Å². The number of rotatable bonds is 5. The topological polar surface area (TPSA) is 54.3 Å². The van der Waals surface area contributed by atoms with Gasteiger partial charge in [-0.3, -0.25) is 4.79 Å². The number of piperidine rings is 1. The summed E-state index contributed by atoms with van der Waals surface area (Å²) in [4.78, 5) is 13.1. The second kappa shape index (κ2) is 10.0. The van der Waals surface area contributed by atoms with Crippen molar-refractivity contribution in [2.24, 2.45) is 5.92 Å². The van der Waals surface area contributed by atoms with E-state index in [9.17, 15) is 4.79 Å². The molecule has 2 heterocycles. The molecule has 1 aromatic heterocycles. The van der Waals surface area contributed by atoms with Gasteiger partial charge in [0.05, 0.1) is 0 Å². The molecule has 1 amide bonds. The normalized spacial score (nSPS) is 23.3. The van der Waals surface area contributed by atoms with Gasteiger partial charge in [-0.05, 0) is 44.3 Å². The molecule has 2 unspecified atom stereocenters. The molecule has 0 bridgehead atoms. The van der Waals surface area contributed by atoms with Crippen LogP contribution in [0.15, 0.2) is 28.7 Å². The highest BCUT2D eigenvalue weighted by Gasteiger charge is 2.27. The minimum Gasteiger partial charge on any atom is -0.451 e. The van der Waals surface area contributed by atoms with Gasteiger partial charge >= 0.3 is 0 Å². The van der Waals surface area contributed by atoms with Gasteiger partial charge in [0.1, 0.15) is 5.58 Å². The van der Waals surface area contributed by atoms with Gasteiger partial charge < -0.3 is 15.1 Å². The number of hydrogen-bond acceptors (Lipinski definition) is 4. The Balaban J connectivity index is 0.00000225.